The smallest absolute Gasteiger partial charge is 0.226 e. The van der Waals surface area contributed by atoms with E-state index in [2.05, 4.69) is 337 Å². The molecule has 0 bridgehead atoms. The van der Waals surface area contributed by atoms with Crippen LogP contribution in [-0.2, 0) is 41.1 Å². The lowest BCUT2D eigenvalue weighted by molar-refractivity contribution is 0.0786. The summed E-state index contributed by atoms with van der Waals surface area (Å²) in [6.45, 7) is 64.1. The predicted octanol–water partition coefficient (Wildman–Crippen LogP) is 31.6. The van der Waals surface area contributed by atoms with Crippen molar-refractivity contribution < 1.29 is 14.0 Å². The van der Waals surface area contributed by atoms with Crippen LogP contribution < -0.4 is 10.2 Å². The number of aryl methyl sites for hydroxylation is 2. The molecule has 0 unspecified atom stereocenters. The number of anilines is 2. The van der Waals surface area contributed by atoms with Crippen LogP contribution >= 0.6 is 22.9 Å². The summed E-state index contributed by atoms with van der Waals surface area (Å²) >= 11 is 7.86. The van der Waals surface area contributed by atoms with Crippen LogP contribution in [0.2, 0.25) is 5.02 Å². The third-order valence-corrected chi connectivity index (χ3v) is 21.8. The van der Waals surface area contributed by atoms with Crippen LogP contribution in [0.1, 0.15) is 356 Å². The van der Waals surface area contributed by atoms with Gasteiger partial charge in [0.25, 0.3) is 0 Å². The number of hydrogen-bond donors (Lipinski definition) is 2. The number of rotatable bonds is 16. The Kier molecular flexibility index (Phi) is 41.3. The average molecular weight is 1590 g/mol. The Morgan fingerprint density at radius 3 is 1.32 bits per heavy atom. The Morgan fingerprint density at radius 1 is 0.482 bits per heavy atom. The Hall–Kier alpha value is -7.49. The molecule has 1 fully saturated rings. The van der Waals surface area contributed by atoms with Crippen molar-refractivity contribution in [3.63, 3.8) is 0 Å². The Labute approximate surface area is 704 Å². The fraction of sp³-hybridized carbons (Fsp3) is 0.505. The molecule has 9 heteroatoms. The fourth-order valence-corrected chi connectivity index (χ4v) is 13.3. The molecule has 0 spiro atoms. The molecule has 0 atom stereocenters. The van der Waals surface area contributed by atoms with E-state index in [0.717, 1.165) is 63.3 Å². The number of thiophene rings is 1. The minimum atomic E-state index is -0.727. The molecule has 3 aromatic heterocycles. The Balaban J connectivity index is 0.000000270. The molecule has 12 rings (SSSR count). The second-order valence-corrected chi connectivity index (χ2v) is 39.6. The molecule has 7 aromatic carbocycles. The van der Waals surface area contributed by atoms with Gasteiger partial charge in [0.1, 0.15) is 12.0 Å². The van der Waals surface area contributed by atoms with E-state index in [0.29, 0.717) is 47.3 Å². The van der Waals surface area contributed by atoms with Crippen molar-refractivity contribution in [2.45, 2.75) is 315 Å². The van der Waals surface area contributed by atoms with Crippen molar-refractivity contribution in [1.29, 1.82) is 0 Å². The Bertz CT molecular complexity index is 4030. The second kappa shape index (κ2) is 47.7. The highest BCUT2D eigenvalue weighted by atomic mass is 35.5. The van der Waals surface area contributed by atoms with Crippen LogP contribution in [0.25, 0.3) is 11.5 Å². The van der Waals surface area contributed by atoms with E-state index in [1.54, 1.807) is 41.0 Å². The first-order chi connectivity index (χ1) is 53.2. The normalized spacial score (nSPS) is 12.6. The zero-order valence-corrected chi connectivity index (χ0v) is 78.4. The number of hydrogen-bond acceptors (Lipinski definition) is 8. The van der Waals surface area contributed by atoms with Crippen LogP contribution in [0.15, 0.2) is 203 Å². The zero-order chi connectivity index (χ0) is 85.4. The van der Waals surface area contributed by atoms with Gasteiger partial charge < -0.3 is 24.3 Å². The van der Waals surface area contributed by atoms with Gasteiger partial charge in [0.15, 0.2) is 0 Å². The third kappa shape index (κ3) is 37.2. The minimum absolute atomic E-state index is 0.0696. The van der Waals surface area contributed by atoms with E-state index in [9.17, 15) is 5.11 Å². The maximum atomic E-state index is 9.72. The summed E-state index contributed by atoms with van der Waals surface area (Å²) in [5.41, 5.74) is 19.4. The first-order valence-corrected chi connectivity index (χ1v) is 43.9. The topological polar surface area (TPSA) is 87.6 Å². The van der Waals surface area contributed by atoms with Gasteiger partial charge >= 0.3 is 0 Å². The number of aliphatic hydroxyl groups is 1. The maximum Gasteiger partial charge on any atom is 0.226 e. The molecule has 0 radical (unpaired) electrons. The molecule has 2 N–H and O–H groups in total. The average Bonchev–Trinajstić information content (AvgIpc) is 1.81. The molecule has 10 aromatic rings. The lowest BCUT2D eigenvalue weighted by Gasteiger charge is -2.19. The van der Waals surface area contributed by atoms with Crippen molar-refractivity contribution >= 4 is 34.3 Å². The van der Waals surface area contributed by atoms with Gasteiger partial charge in [0, 0.05) is 63.8 Å². The number of nitrogens with one attached hydrogen (secondary N) is 1. The number of halogens is 1. The summed E-state index contributed by atoms with van der Waals surface area (Å²) in [6, 6.07) is 66.2. The SMILES string of the molecule is CC(C)CNc1cccc(Cl)c1.CC(C)Cc1ccc(C(C)(C)C)cc1.CC(C)c1cc(C(C)(C)C)on1.CC(C)c1cc2c(s1)CCCC2.CC(C)c1ccc(C(C)(C)C)cc1.CC(C)c1ccc(C(C)(C)O)cc1.CC(C)c1ccc(C2CC2)cc1.CC(C)c1ccc(N(C)C)cc1.CC(C)c1coc(-c2ccccc2)n1. The largest absolute Gasteiger partial charge is 0.444 e. The summed E-state index contributed by atoms with van der Waals surface area (Å²) in [4.78, 5) is 9.78. The van der Waals surface area contributed by atoms with Gasteiger partial charge in [0.05, 0.1) is 17.0 Å². The summed E-state index contributed by atoms with van der Waals surface area (Å²) < 4.78 is 10.6. The van der Waals surface area contributed by atoms with Crippen LogP contribution in [0.3, 0.4) is 0 Å². The van der Waals surface area contributed by atoms with Gasteiger partial charge in [-0.2, -0.15) is 0 Å². The van der Waals surface area contributed by atoms with E-state index >= 15 is 0 Å². The molecule has 0 aliphatic heterocycles. The Morgan fingerprint density at radius 2 is 0.947 bits per heavy atom. The van der Waals surface area contributed by atoms with Gasteiger partial charge in [-0.1, -0.05) is 337 Å². The molecule has 2 aliphatic carbocycles. The maximum absolute atomic E-state index is 9.72. The third-order valence-electron chi connectivity index (χ3n) is 20.0. The predicted molar refractivity (Wildman–Crippen MR) is 501 cm³/mol. The molecule has 3 heterocycles. The monoisotopic (exact) mass is 1590 g/mol. The summed E-state index contributed by atoms with van der Waals surface area (Å²) in [7, 11) is 4.12. The molecule has 624 valence electrons. The number of benzene rings is 7. The fourth-order valence-electron chi connectivity index (χ4n) is 11.9. The van der Waals surface area contributed by atoms with Gasteiger partial charge in [-0.25, -0.2) is 4.98 Å². The van der Waals surface area contributed by atoms with Crippen molar-refractivity contribution in [3.05, 3.63) is 282 Å². The van der Waals surface area contributed by atoms with Crippen molar-refractivity contribution in [2.24, 2.45) is 11.8 Å². The van der Waals surface area contributed by atoms with Crippen molar-refractivity contribution in [1.82, 2.24) is 10.1 Å². The van der Waals surface area contributed by atoms with E-state index in [1.165, 1.54) is 89.6 Å². The summed E-state index contributed by atoms with van der Waals surface area (Å²) in [5, 5.41) is 17.8. The van der Waals surface area contributed by atoms with Crippen molar-refractivity contribution in [2.75, 3.05) is 30.9 Å². The van der Waals surface area contributed by atoms with E-state index in [1.807, 2.05) is 84.1 Å². The number of fused-ring (bicyclic) bond motifs is 1. The van der Waals surface area contributed by atoms with E-state index in [4.69, 9.17) is 20.5 Å². The van der Waals surface area contributed by atoms with Crippen LogP contribution in [0, 0.1) is 11.8 Å². The quantitative estimate of drug-likeness (QED) is 0.0996. The van der Waals surface area contributed by atoms with Gasteiger partial charge in [0.2, 0.25) is 5.89 Å². The highest BCUT2D eigenvalue weighted by molar-refractivity contribution is 7.12. The van der Waals surface area contributed by atoms with Gasteiger partial charge in [-0.05, 0) is 233 Å². The lowest BCUT2D eigenvalue weighted by Crippen LogP contribution is -2.15. The first-order valence-electron chi connectivity index (χ1n) is 42.7. The molecule has 0 amide bonds. The number of oxazole rings is 1. The van der Waals surface area contributed by atoms with Crippen LogP contribution in [0.4, 0.5) is 11.4 Å². The standard InChI is InChI=1S/C14H22.C13H20.C12H13NO.C12H18O.C12H16.C11H17N.C11H16S.C10H14ClN.C10H17NO/c1-11(2)10-12-6-8-13(9-7-12)14(3,4)5;1-10(2)11-6-8-12(9-7-11)13(3,4)5;1-9(2)11-8-14-12(13-11)10-6-4-3-5-7-10;1-9(2)10-5-7-11(8-6-10)12(3,4)13;1-9(2)10-3-5-11(6-4-10)12-7-8-12;1-9(2)10-5-7-11(8-6-10)12(3)4;1-8(2)11-7-9-5-3-4-6-10(9)12-11;1-8(2)7-12-10-5-3-4-9(11)6-10;1-7(2)8-6-9(12-11-8)10(3,4)5/h6-9,11H,10H2,1-5H3;6-10H,1-5H3;3-9H,1-2H3;5-9,13H,1-4H3;3-6,9,12H,7-8H2,1-2H3;5-9H,1-4H3;7-8H,3-6H2,1-2H3;3-6,8,12H,7H2,1-2H3;6-7H,1-5H3. The molecule has 1 saturated carbocycles. The first kappa shape index (κ1) is 98.9. The lowest BCUT2D eigenvalue weighted by atomic mass is 9.86. The van der Waals surface area contributed by atoms with E-state index < -0.39 is 5.60 Å². The van der Waals surface area contributed by atoms with Gasteiger partial charge in [-0.15, -0.1) is 11.3 Å². The molecule has 114 heavy (non-hydrogen) atoms. The molecule has 0 saturated heterocycles. The molecule has 2 aliphatic rings. The number of nitrogens with zero attached hydrogens (tertiary/aromatic N) is 3. The number of aromatic nitrogens is 2. The van der Waals surface area contributed by atoms with E-state index in [-0.39, 0.29) is 16.2 Å². The van der Waals surface area contributed by atoms with Crippen LogP contribution in [-0.4, -0.2) is 35.9 Å². The van der Waals surface area contributed by atoms with Crippen LogP contribution in [0.5, 0.6) is 0 Å². The second-order valence-electron chi connectivity index (χ2n) is 38.0. The summed E-state index contributed by atoms with van der Waals surface area (Å²) in [5.74, 6) is 8.03. The zero-order valence-electron chi connectivity index (χ0n) is 76.8. The van der Waals surface area contributed by atoms with Crippen molar-refractivity contribution in [3.8, 4) is 11.5 Å². The summed E-state index contributed by atoms with van der Waals surface area (Å²) in [6.07, 6.45) is 11.2. The molecule has 7 nitrogen and oxygen atoms in total. The minimum Gasteiger partial charge on any atom is -0.444 e. The highest BCUT2D eigenvalue weighted by Crippen LogP contribution is 2.40. The molecular formula is C105H153ClN4O3S. The molecular weight excluding hydrogens is 1430 g/mol. The van der Waals surface area contributed by atoms with Gasteiger partial charge in [-0.3, -0.25) is 0 Å². The highest BCUT2D eigenvalue weighted by Gasteiger charge is 2.24.